The van der Waals surface area contributed by atoms with Crippen LogP contribution in [0.25, 0.3) is 0 Å². The molecule has 0 saturated heterocycles. The van der Waals surface area contributed by atoms with E-state index in [2.05, 4.69) is 142 Å². The summed E-state index contributed by atoms with van der Waals surface area (Å²) >= 11 is 0. The number of hydrogen-bond donors (Lipinski definition) is 0. The Morgan fingerprint density at radius 3 is 0.863 bits per heavy atom. The van der Waals surface area contributed by atoms with Gasteiger partial charge in [0.2, 0.25) is 0 Å². The van der Waals surface area contributed by atoms with Gasteiger partial charge in [-0.15, -0.1) is 0 Å². The molecule has 0 aliphatic rings. The van der Waals surface area contributed by atoms with Crippen molar-refractivity contribution in [3.8, 4) is 0 Å². The molecule has 0 heterocycles. The summed E-state index contributed by atoms with van der Waals surface area (Å²) in [5.41, 5.74) is 0. The summed E-state index contributed by atoms with van der Waals surface area (Å²) in [7, 11) is 0. The number of carbonyl (C=O) groups is 3. The van der Waals surface area contributed by atoms with Gasteiger partial charge in [-0.3, -0.25) is 14.4 Å². The van der Waals surface area contributed by atoms with Crippen LogP contribution < -0.4 is 0 Å². The maximum Gasteiger partial charge on any atom is 0.306 e. The second kappa shape index (κ2) is 67.3. The van der Waals surface area contributed by atoms with Crippen LogP contribution >= 0.6 is 0 Å². The molecule has 0 amide bonds. The first kappa shape index (κ1) is 75.8. The second-order valence-corrected chi connectivity index (χ2v) is 22.0. The molecule has 0 N–H and O–H groups in total. The van der Waals surface area contributed by atoms with Gasteiger partial charge in [-0.05, 0) is 103 Å². The molecule has 6 heteroatoms. The summed E-state index contributed by atoms with van der Waals surface area (Å²) in [5, 5.41) is 0. The summed E-state index contributed by atoms with van der Waals surface area (Å²) in [4.78, 5) is 38.3. The maximum atomic E-state index is 12.9. The van der Waals surface area contributed by atoms with Crippen LogP contribution in [0.15, 0.2) is 122 Å². The third-order valence-corrected chi connectivity index (χ3v) is 14.2. The Hall–Kier alpha value is -4.19. The van der Waals surface area contributed by atoms with Crippen LogP contribution in [0.4, 0.5) is 0 Å². The molecule has 0 fully saturated rings. The molecule has 0 saturated carbocycles. The van der Waals surface area contributed by atoms with Crippen molar-refractivity contribution in [2.24, 2.45) is 0 Å². The minimum absolute atomic E-state index is 0.100. The average molecular weight is 1110 g/mol. The van der Waals surface area contributed by atoms with Crippen molar-refractivity contribution in [2.45, 2.75) is 316 Å². The Morgan fingerprint density at radius 2 is 0.512 bits per heavy atom. The van der Waals surface area contributed by atoms with E-state index in [1.54, 1.807) is 0 Å². The molecule has 0 aliphatic carbocycles. The Bertz CT molecular complexity index is 1650. The SMILES string of the molecule is CC/C=C\C/C=C\C/C=C\C/C=C\C/C=C\C/C=C\C/C=C\C/C=C\C/C=C\CCCC(=O)OCC(COC(=O)CCCCCCC/C=C\CCCC)OC(=O)CCCCCCCCCCCCCCCCCCCCCCCC. The number of ether oxygens (including phenoxy) is 3. The number of esters is 3. The zero-order chi connectivity index (χ0) is 57.8. The fraction of sp³-hybridized carbons (Fsp3) is 0.689. The Balaban J connectivity index is 4.37. The van der Waals surface area contributed by atoms with Crippen LogP contribution in [0.1, 0.15) is 310 Å². The topological polar surface area (TPSA) is 78.9 Å². The number of rotatable bonds is 60. The van der Waals surface area contributed by atoms with Crippen LogP contribution in [-0.2, 0) is 28.6 Å². The smallest absolute Gasteiger partial charge is 0.306 e. The van der Waals surface area contributed by atoms with Gasteiger partial charge in [-0.25, -0.2) is 0 Å². The van der Waals surface area contributed by atoms with Crippen molar-refractivity contribution in [1.29, 1.82) is 0 Å². The fourth-order valence-electron chi connectivity index (χ4n) is 9.19. The summed E-state index contributed by atoms with van der Waals surface area (Å²) in [6.45, 7) is 6.46. The predicted octanol–water partition coefficient (Wildman–Crippen LogP) is 23.2. The van der Waals surface area contributed by atoms with Gasteiger partial charge >= 0.3 is 17.9 Å². The standard InChI is InChI=1S/C74H124O6/c1-4-7-10-13-16-19-22-24-26-28-30-32-34-35-36-37-38-39-40-42-43-45-47-49-52-55-58-61-64-67-73(76)79-70-71(69-78-72(75)66-63-60-57-54-51-21-18-15-12-9-6-3)80-74(77)68-65-62-59-56-53-50-48-46-44-41-33-31-29-27-25-23-20-17-14-11-8-5-2/h7,10,15-16,18-19,24,26,30,32,35-36,38-39,42-43,47,49,55,58,71H,4-6,8-9,11-14,17,20-23,25,27-29,31,33-34,37,40-41,44-46,48,50-54,56-57,59-70H2,1-3H3/b10-7-,18-15-,19-16-,26-24-,32-30-,36-35-,39-38-,43-42-,49-47-,58-55-. The lowest BCUT2D eigenvalue weighted by molar-refractivity contribution is -0.167. The molecular formula is C74H124O6. The number of carbonyl (C=O) groups excluding carboxylic acids is 3. The summed E-state index contributed by atoms with van der Waals surface area (Å²) in [6, 6.07) is 0. The van der Waals surface area contributed by atoms with E-state index in [1.807, 2.05) is 0 Å². The monoisotopic (exact) mass is 1110 g/mol. The highest BCUT2D eigenvalue weighted by Gasteiger charge is 2.19. The van der Waals surface area contributed by atoms with Crippen molar-refractivity contribution >= 4 is 17.9 Å². The molecule has 80 heavy (non-hydrogen) atoms. The lowest BCUT2D eigenvalue weighted by atomic mass is 10.0. The van der Waals surface area contributed by atoms with Crippen molar-refractivity contribution < 1.29 is 28.6 Å². The molecule has 1 unspecified atom stereocenters. The van der Waals surface area contributed by atoms with Gasteiger partial charge in [0.15, 0.2) is 6.10 Å². The minimum atomic E-state index is -0.807. The van der Waals surface area contributed by atoms with Crippen molar-refractivity contribution in [1.82, 2.24) is 0 Å². The highest BCUT2D eigenvalue weighted by atomic mass is 16.6. The molecular weight excluding hydrogens is 985 g/mol. The van der Waals surface area contributed by atoms with Crippen LogP contribution in [-0.4, -0.2) is 37.2 Å². The Labute approximate surface area is 494 Å². The van der Waals surface area contributed by atoms with Crippen LogP contribution in [0, 0.1) is 0 Å². The minimum Gasteiger partial charge on any atom is -0.462 e. The van der Waals surface area contributed by atoms with Gasteiger partial charge in [0, 0.05) is 19.3 Å². The van der Waals surface area contributed by atoms with Gasteiger partial charge in [-0.1, -0.05) is 309 Å². The third-order valence-electron chi connectivity index (χ3n) is 14.2. The van der Waals surface area contributed by atoms with Gasteiger partial charge in [0.25, 0.3) is 0 Å². The zero-order valence-electron chi connectivity index (χ0n) is 52.3. The first-order chi connectivity index (χ1) is 39.5. The molecule has 0 aromatic heterocycles. The van der Waals surface area contributed by atoms with Crippen LogP contribution in [0.2, 0.25) is 0 Å². The average Bonchev–Trinajstić information content (AvgIpc) is 3.46. The van der Waals surface area contributed by atoms with Gasteiger partial charge in [0.1, 0.15) is 13.2 Å². The highest BCUT2D eigenvalue weighted by molar-refractivity contribution is 5.71. The number of allylic oxidation sites excluding steroid dienone is 20. The molecule has 0 aromatic carbocycles. The highest BCUT2D eigenvalue weighted by Crippen LogP contribution is 2.17. The first-order valence-electron chi connectivity index (χ1n) is 33.5. The quantitative estimate of drug-likeness (QED) is 0.0261. The Kier molecular flexibility index (Phi) is 63.8. The normalized spacial score (nSPS) is 12.9. The van der Waals surface area contributed by atoms with E-state index < -0.39 is 6.10 Å². The van der Waals surface area contributed by atoms with E-state index in [4.69, 9.17) is 14.2 Å². The fourth-order valence-corrected chi connectivity index (χ4v) is 9.19. The van der Waals surface area contributed by atoms with E-state index in [9.17, 15) is 14.4 Å². The summed E-state index contributed by atoms with van der Waals surface area (Å²) in [5.74, 6) is -0.963. The van der Waals surface area contributed by atoms with Crippen molar-refractivity contribution in [3.05, 3.63) is 122 Å². The van der Waals surface area contributed by atoms with Gasteiger partial charge < -0.3 is 14.2 Å². The van der Waals surface area contributed by atoms with E-state index >= 15 is 0 Å². The van der Waals surface area contributed by atoms with Crippen molar-refractivity contribution in [3.63, 3.8) is 0 Å². The molecule has 0 spiro atoms. The van der Waals surface area contributed by atoms with E-state index in [0.29, 0.717) is 19.3 Å². The van der Waals surface area contributed by atoms with E-state index in [-0.39, 0.29) is 37.5 Å². The van der Waals surface area contributed by atoms with Gasteiger partial charge in [0.05, 0.1) is 0 Å². The number of unbranched alkanes of at least 4 members (excludes halogenated alkanes) is 29. The Morgan fingerprint density at radius 1 is 0.263 bits per heavy atom. The lowest BCUT2D eigenvalue weighted by Crippen LogP contribution is -2.30. The maximum absolute atomic E-state index is 12.9. The number of hydrogen-bond acceptors (Lipinski definition) is 6. The van der Waals surface area contributed by atoms with E-state index in [1.165, 1.54) is 148 Å². The second-order valence-electron chi connectivity index (χ2n) is 22.0. The molecule has 0 aliphatic heterocycles. The molecule has 0 rings (SSSR count). The molecule has 6 nitrogen and oxygen atoms in total. The first-order valence-corrected chi connectivity index (χ1v) is 33.5. The molecule has 1 atom stereocenters. The molecule has 0 aromatic rings. The third kappa shape index (κ3) is 64.6. The summed E-state index contributed by atoms with van der Waals surface area (Å²) < 4.78 is 16.9. The lowest BCUT2D eigenvalue weighted by Gasteiger charge is -2.18. The zero-order valence-corrected chi connectivity index (χ0v) is 52.3. The van der Waals surface area contributed by atoms with Crippen LogP contribution in [0.5, 0.6) is 0 Å². The summed E-state index contributed by atoms with van der Waals surface area (Å²) in [6.07, 6.45) is 93.7. The predicted molar refractivity (Wildman–Crippen MR) is 348 cm³/mol. The molecule has 0 radical (unpaired) electrons. The van der Waals surface area contributed by atoms with Crippen LogP contribution in [0.3, 0.4) is 0 Å². The van der Waals surface area contributed by atoms with Gasteiger partial charge in [-0.2, -0.15) is 0 Å². The van der Waals surface area contributed by atoms with Crippen molar-refractivity contribution in [2.75, 3.05) is 13.2 Å². The largest absolute Gasteiger partial charge is 0.462 e. The molecule has 456 valence electrons. The molecule has 0 bridgehead atoms. The van der Waals surface area contributed by atoms with E-state index in [0.717, 1.165) is 116 Å².